The molecule has 2 amide bonds. The maximum atomic E-state index is 12.2. The average Bonchev–Trinajstić information content (AvgIpc) is 2.67. The summed E-state index contributed by atoms with van der Waals surface area (Å²) in [5, 5.41) is 15.4. The molecule has 1 aromatic carbocycles. The zero-order valence-corrected chi connectivity index (χ0v) is 16.8. The van der Waals surface area contributed by atoms with Gasteiger partial charge in [0.15, 0.2) is 0 Å². The Morgan fingerprint density at radius 2 is 1.93 bits per heavy atom. The highest BCUT2D eigenvalue weighted by molar-refractivity contribution is 5.78. The number of carbonyl (C=O) groups excluding carboxylic acids is 2. The second-order valence-corrected chi connectivity index (χ2v) is 7.30. The minimum Gasteiger partial charge on any atom is -0.497 e. The number of amides is 2. The summed E-state index contributed by atoms with van der Waals surface area (Å²) >= 11 is 0. The number of hydrogen-bond acceptors (Lipinski definition) is 6. The number of aliphatic hydroxyl groups excluding tert-OH is 1. The van der Waals surface area contributed by atoms with Crippen molar-refractivity contribution in [2.75, 3.05) is 34.4 Å². The molecule has 2 rings (SSSR count). The topological polar surface area (TPSA) is 100 Å². The lowest BCUT2D eigenvalue weighted by molar-refractivity contribution is -0.136. The van der Waals surface area contributed by atoms with Crippen molar-refractivity contribution in [3.05, 3.63) is 29.8 Å². The lowest BCUT2D eigenvalue weighted by atomic mass is 9.97. The number of nitrogens with one attached hydrogen (secondary N) is 2. The first-order valence-corrected chi connectivity index (χ1v) is 9.51. The normalized spacial score (nSPS) is 22.0. The van der Waals surface area contributed by atoms with Crippen LogP contribution in [0.5, 0.6) is 5.75 Å². The quantitative estimate of drug-likeness (QED) is 0.558. The molecular weight excluding hydrogens is 362 g/mol. The van der Waals surface area contributed by atoms with Crippen LogP contribution in [-0.2, 0) is 20.9 Å². The molecule has 3 atom stereocenters. The number of benzene rings is 1. The Morgan fingerprint density at radius 3 is 2.54 bits per heavy atom. The van der Waals surface area contributed by atoms with Gasteiger partial charge in [-0.2, -0.15) is 0 Å². The van der Waals surface area contributed by atoms with Crippen molar-refractivity contribution in [2.45, 2.75) is 44.1 Å². The van der Waals surface area contributed by atoms with Crippen molar-refractivity contribution in [1.29, 1.82) is 0 Å². The fourth-order valence-corrected chi connectivity index (χ4v) is 3.21. The molecule has 0 radical (unpaired) electrons. The maximum absolute atomic E-state index is 12.2. The van der Waals surface area contributed by atoms with Gasteiger partial charge >= 0.3 is 0 Å². The highest BCUT2D eigenvalue weighted by Crippen LogP contribution is 2.22. The summed E-state index contributed by atoms with van der Waals surface area (Å²) in [6.07, 6.45) is 0.778. The van der Waals surface area contributed by atoms with Crippen molar-refractivity contribution < 1.29 is 24.2 Å². The molecule has 8 heteroatoms. The van der Waals surface area contributed by atoms with E-state index in [9.17, 15) is 14.7 Å². The van der Waals surface area contributed by atoms with Gasteiger partial charge in [-0.1, -0.05) is 12.1 Å². The van der Waals surface area contributed by atoms with Crippen LogP contribution >= 0.6 is 0 Å². The number of nitrogens with zero attached hydrogens (tertiary/aromatic N) is 1. The molecule has 1 aliphatic rings. The smallest absolute Gasteiger partial charge is 0.234 e. The largest absolute Gasteiger partial charge is 0.497 e. The number of hydrogen-bond donors (Lipinski definition) is 3. The molecule has 0 aliphatic carbocycles. The summed E-state index contributed by atoms with van der Waals surface area (Å²) in [5.74, 6) is 0.563. The van der Waals surface area contributed by atoms with E-state index in [0.717, 1.165) is 11.3 Å². The van der Waals surface area contributed by atoms with E-state index in [1.165, 1.54) is 0 Å². The molecule has 1 heterocycles. The van der Waals surface area contributed by atoms with Crippen molar-refractivity contribution in [3.8, 4) is 5.75 Å². The minimum absolute atomic E-state index is 0.104. The predicted molar refractivity (Wildman–Crippen MR) is 105 cm³/mol. The second kappa shape index (κ2) is 11.0. The van der Waals surface area contributed by atoms with Gasteiger partial charge in [0, 0.05) is 6.54 Å². The van der Waals surface area contributed by atoms with Crippen LogP contribution in [0.1, 0.15) is 24.8 Å². The van der Waals surface area contributed by atoms with Crippen molar-refractivity contribution >= 4 is 11.8 Å². The lowest BCUT2D eigenvalue weighted by Gasteiger charge is -2.36. The molecule has 3 N–H and O–H groups in total. The first-order chi connectivity index (χ1) is 13.4. The van der Waals surface area contributed by atoms with Gasteiger partial charge in [-0.15, -0.1) is 0 Å². The molecule has 0 aromatic heterocycles. The molecular formula is C20H31N3O5. The first-order valence-electron chi connectivity index (χ1n) is 9.51. The van der Waals surface area contributed by atoms with E-state index in [1.54, 1.807) is 12.0 Å². The van der Waals surface area contributed by atoms with E-state index in [1.807, 2.05) is 38.4 Å². The molecule has 1 aromatic rings. The Morgan fingerprint density at radius 1 is 1.21 bits per heavy atom. The van der Waals surface area contributed by atoms with Gasteiger partial charge in [-0.25, -0.2) is 0 Å². The van der Waals surface area contributed by atoms with Crippen LogP contribution in [0.4, 0.5) is 0 Å². The fraction of sp³-hybridized carbons (Fsp3) is 0.600. The molecule has 8 nitrogen and oxygen atoms in total. The second-order valence-electron chi connectivity index (χ2n) is 7.30. The van der Waals surface area contributed by atoms with E-state index < -0.39 is 6.10 Å². The maximum Gasteiger partial charge on any atom is 0.234 e. The van der Waals surface area contributed by atoms with E-state index in [0.29, 0.717) is 19.4 Å². The lowest BCUT2D eigenvalue weighted by Crippen LogP contribution is -2.52. The summed E-state index contributed by atoms with van der Waals surface area (Å²) < 4.78 is 11.0. The van der Waals surface area contributed by atoms with E-state index in [2.05, 4.69) is 10.6 Å². The highest BCUT2D eigenvalue weighted by atomic mass is 16.5. The van der Waals surface area contributed by atoms with Crippen LogP contribution in [0.2, 0.25) is 0 Å². The zero-order valence-electron chi connectivity index (χ0n) is 16.8. The average molecular weight is 393 g/mol. The van der Waals surface area contributed by atoms with Crippen LogP contribution in [0.3, 0.4) is 0 Å². The molecule has 0 bridgehead atoms. The zero-order chi connectivity index (χ0) is 20.5. The number of aliphatic hydroxyl groups is 1. The standard InChI is InChI=1S/C20H31N3O5/c1-23(2)12-20(26)22-17-9-8-16(28-18(17)13-24)10-19(25)21-11-14-4-6-15(27-3)7-5-14/h4-7,16-18,24H,8-13H2,1-3H3,(H,21,25)(H,22,26)/t16-,17-,18+/m1/s1. The van der Waals surface area contributed by atoms with Crippen molar-refractivity contribution in [1.82, 2.24) is 15.5 Å². The minimum atomic E-state index is -0.501. The summed E-state index contributed by atoms with van der Waals surface area (Å²) in [5.41, 5.74) is 0.982. The molecule has 1 saturated heterocycles. The molecule has 1 aliphatic heterocycles. The van der Waals surface area contributed by atoms with Crippen LogP contribution in [0.15, 0.2) is 24.3 Å². The number of rotatable bonds is 9. The third kappa shape index (κ3) is 7.10. The van der Waals surface area contributed by atoms with Crippen molar-refractivity contribution in [2.24, 2.45) is 0 Å². The number of likely N-dealkylation sites (N-methyl/N-ethyl adjacent to an activating group) is 1. The van der Waals surface area contributed by atoms with Crippen LogP contribution in [-0.4, -0.2) is 74.4 Å². The molecule has 0 saturated carbocycles. The SMILES string of the molecule is COc1ccc(CNC(=O)C[C@H]2CC[C@@H](NC(=O)CN(C)C)[C@H](CO)O2)cc1. The number of carbonyl (C=O) groups is 2. The summed E-state index contributed by atoms with van der Waals surface area (Å²) in [4.78, 5) is 26.0. The van der Waals surface area contributed by atoms with Crippen LogP contribution < -0.4 is 15.4 Å². The molecule has 1 fully saturated rings. The molecule has 0 spiro atoms. The van der Waals surface area contributed by atoms with E-state index >= 15 is 0 Å². The van der Waals surface area contributed by atoms with Gasteiger partial charge in [0.25, 0.3) is 0 Å². The summed E-state index contributed by atoms with van der Waals surface area (Å²) in [6.45, 7) is 0.519. The van der Waals surface area contributed by atoms with Gasteiger partial charge < -0.3 is 30.1 Å². The van der Waals surface area contributed by atoms with E-state index in [4.69, 9.17) is 9.47 Å². The summed E-state index contributed by atoms with van der Waals surface area (Å²) in [6, 6.07) is 7.26. The molecule has 28 heavy (non-hydrogen) atoms. The molecule has 156 valence electrons. The van der Waals surface area contributed by atoms with E-state index in [-0.39, 0.29) is 43.5 Å². The predicted octanol–water partition coefficient (Wildman–Crippen LogP) is 0.288. The Balaban J connectivity index is 1.76. The monoisotopic (exact) mass is 393 g/mol. The third-order valence-electron chi connectivity index (χ3n) is 4.66. The van der Waals surface area contributed by atoms with Crippen LogP contribution in [0, 0.1) is 0 Å². The first kappa shape index (κ1) is 22.1. The highest BCUT2D eigenvalue weighted by Gasteiger charge is 2.32. The Hall–Kier alpha value is -2.16. The Bertz CT molecular complexity index is 635. The van der Waals surface area contributed by atoms with Gasteiger partial charge in [0.1, 0.15) is 11.9 Å². The summed E-state index contributed by atoms with van der Waals surface area (Å²) in [7, 11) is 5.25. The van der Waals surface area contributed by atoms with Gasteiger partial charge in [-0.3, -0.25) is 9.59 Å². The van der Waals surface area contributed by atoms with Gasteiger partial charge in [0.05, 0.1) is 38.8 Å². The van der Waals surface area contributed by atoms with Gasteiger partial charge in [-0.05, 0) is 44.6 Å². The Kier molecular flexibility index (Phi) is 8.69. The Labute approximate surface area is 166 Å². The fourth-order valence-electron chi connectivity index (χ4n) is 3.21. The number of methoxy groups -OCH3 is 1. The third-order valence-corrected chi connectivity index (χ3v) is 4.66. The van der Waals surface area contributed by atoms with Gasteiger partial charge in [0.2, 0.25) is 11.8 Å². The molecule has 0 unspecified atom stereocenters. The number of ether oxygens (including phenoxy) is 2. The van der Waals surface area contributed by atoms with Crippen LogP contribution in [0.25, 0.3) is 0 Å². The van der Waals surface area contributed by atoms with Crippen molar-refractivity contribution in [3.63, 3.8) is 0 Å².